The van der Waals surface area contributed by atoms with Gasteiger partial charge in [0.1, 0.15) is 0 Å². The van der Waals surface area contributed by atoms with Crippen molar-refractivity contribution in [2.75, 3.05) is 0 Å². The smallest absolute Gasteiger partial charge is 0.307 e. The van der Waals surface area contributed by atoms with Crippen molar-refractivity contribution in [2.24, 2.45) is 46.3 Å². The molecule has 0 radical (unpaired) electrons. The zero-order valence-electron chi connectivity index (χ0n) is 21.3. The highest BCUT2D eigenvalue weighted by Gasteiger charge is 2.63. The van der Waals surface area contributed by atoms with Crippen molar-refractivity contribution in [1.82, 2.24) is 0 Å². The minimum absolute atomic E-state index is 0.100. The summed E-state index contributed by atoms with van der Waals surface area (Å²) in [6.45, 7) is 10.7. The lowest BCUT2D eigenvalue weighted by Crippen LogP contribution is -2.58. The van der Waals surface area contributed by atoms with E-state index in [0.717, 1.165) is 44.1 Å². The van der Waals surface area contributed by atoms with Gasteiger partial charge in [-0.1, -0.05) is 45.3 Å². The monoisotopic (exact) mass is 462 g/mol. The van der Waals surface area contributed by atoms with Crippen molar-refractivity contribution in [2.45, 2.75) is 110 Å². The molecule has 1 unspecified atom stereocenters. The predicted octanol–water partition coefficient (Wildman–Crippen LogP) is 4.79. The van der Waals surface area contributed by atoms with Crippen LogP contribution >= 0.6 is 0 Å². The summed E-state index contributed by atoms with van der Waals surface area (Å²) in [4.78, 5) is 12.3. The number of carbonyl (C=O) groups is 1. The van der Waals surface area contributed by atoms with Crippen molar-refractivity contribution in [3.8, 4) is 0 Å². The largest absolute Gasteiger partial charge is 0.481 e. The highest BCUT2D eigenvalue weighted by atomic mass is 16.4. The van der Waals surface area contributed by atoms with E-state index >= 15 is 0 Å². The number of hydrogen-bond acceptors (Lipinski definition) is 4. The van der Waals surface area contributed by atoms with Crippen LogP contribution in [-0.4, -0.2) is 44.2 Å². The highest BCUT2D eigenvalue weighted by Crippen LogP contribution is 2.68. The quantitative estimate of drug-likeness (QED) is 0.426. The number of carboxylic acid groups (broad SMARTS) is 1. The number of aliphatic carboxylic acids is 1. The van der Waals surface area contributed by atoms with Crippen LogP contribution in [0.5, 0.6) is 0 Å². The van der Waals surface area contributed by atoms with E-state index in [1.165, 1.54) is 6.42 Å². The lowest BCUT2D eigenvalue weighted by Gasteiger charge is -2.60. The Morgan fingerprint density at radius 3 is 2.52 bits per heavy atom. The molecule has 33 heavy (non-hydrogen) atoms. The van der Waals surface area contributed by atoms with Crippen molar-refractivity contribution < 1.29 is 25.2 Å². The average molecular weight is 463 g/mol. The SMILES string of the molecule is C[C@H](CCCC(C)(C)O)[C@H]1CC[C@H]2[C@@H]3[C@H](O)C=C4C[C@@H](O)CC(C(=O)O)[C@]4(C)[C@H]3CC[C@]12C. The molecule has 0 heterocycles. The summed E-state index contributed by atoms with van der Waals surface area (Å²) in [7, 11) is 0. The Kier molecular flexibility index (Phi) is 6.59. The van der Waals surface area contributed by atoms with Crippen LogP contribution in [0.15, 0.2) is 11.6 Å². The molecule has 4 aliphatic rings. The molecule has 0 saturated heterocycles. The number of fused-ring (bicyclic) bond motifs is 5. The van der Waals surface area contributed by atoms with Gasteiger partial charge < -0.3 is 20.4 Å². The van der Waals surface area contributed by atoms with E-state index in [2.05, 4.69) is 20.8 Å². The van der Waals surface area contributed by atoms with Crippen molar-refractivity contribution >= 4 is 5.97 Å². The molecule has 0 aliphatic heterocycles. The van der Waals surface area contributed by atoms with Gasteiger partial charge >= 0.3 is 5.97 Å². The molecule has 188 valence electrons. The molecule has 3 fully saturated rings. The van der Waals surface area contributed by atoms with Crippen LogP contribution in [0, 0.1) is 46.3 Å². The van der Waals surface area contributed by atoms with Gasteiger partial charge in [0.15, 0.2) is 0 Å². The predicted molar refractivity (Wildman–Crippen MR) is 128 cm³/mol. The Balaban J connectivity index is 1.58. The van der Waals surface area contributed by atoms with Gasteiger partial charge in [0, 0.05) is 5.41 Å². The van der Waals surface area contributed by atoms with Gasteiger partial charge in [-0.2, -0.15) is 0 Å². The number of aliphatic hydroxyl groups excluding tert-OH is 2. The van der Waals surface area contributed by atoms with E-state index in [4.69, 9.17) is 0 Å². The molecule has 0 aromatic rings. The Morgan fingerprint density at radius 1 is 1.18 bits per heavy atom. The number of hydrogen-bond donors (Lipinski definition) is 4. The lowest BCUT2D eigenvalue weighted by molar-refractivity contribution is -0.159. The van der Waals surface area contributed by atoms with Crippen LogP contribution in [-0.2, 0) is 4.79 Å². The van der Waals surface area contributed by atoms with Gasteiger partial charge in [-0.3, -0.25) is 4.79 Å². The normalized spacial score (nSPS) is 46.1. The first-order valence-corrected chi connectivity index (χ1v) is 13.3. The van der Waals surface area contributed by atoms with Crippen molar-refractivity contribution in [3.63, 3.8) is 0 Å². The number of rotatable bonds is 6. The molecule has 0 aromatic heterocycles. The summed E-state index contributed by atoms with van der Waals surface area (Å²) in [5.41, 5.74) is 0.0535. The summed E-state index contributed by atoms with van der Waals surface area (Å²) in [5, 5.41) is 41.9. The van der Waals surface area contributed by atoms with Crippen LogP contribution in [0.4, 0.5) is 0 Å². The molecule has 0 spiro atoms. The van der Waals surface area contributed by atoms with E-state index in [-0.39, 0.29) is 17.3 Å². The zero-order valence-corrected chi connectivity index (χ0v) is 21.3. The highest BCUT2D eigenvalue weighted by molar-refractivity contribution is 5.72. The van der Waals surface area contributed by atoms with Gasteiger partial charge in [-0.05, 0) is 93.8 Å². The van der Waals surface area contributed by atoms with Gasteiger partial charge in [0.2, 0.25) is 0 Å². The molecular formula is C28H46O5. The second-order valence-electron chi connectivity index (χ2n) is 13.2. The van der Waals surface area contributed by atoms with E-state index in [1.54, 1.807) is 0 Å². The molecule has 5 heteroatoms. The van der Waals surface area contributed by atoms with Crippen molar-refractivity contribution in [3.05, 3.63) is 11.6 Å². The second-order valence-corrected chi connectivity index (χ2v) is 13.2. The van der Waals surface area contributed by atoms with Crippen LogP contribution in [0.25, 0.3) is 0 Å². The molecule has 0 amide bonds. The summed E-state index contributed by atoms with van der Waals surface area (Å²) in [6, 6.07) is 0. The second kappa shape index (κ2) is 8.64. The minimum atomic E-state index is -0.810. The third-order valence-corrected chi connectivity index (χ3v) is 10.8. The minimum Gasteiger partial charge on any atom is -0.481 e. The Labute approximate surface area is 199 Å². The fourth-order valence-electron chi connectivity index (χ4n) is 9.12. The summed E-state index contributed by atoms with van der Waals surface area (Å²) < 4.78 is 0. The molecule has 0 bridgehead atoms. The molecule has 4 rings (SSSR count). The zero-order chi connectivity index (χ0) is 24.3. The van der Waals surface area contributed by atoms with Gasteiger partial charge in [-0.15, -0.1) is 0 Å². The Bertz CT molecular complexity index is 784. The molecule has 5 nitrogen and oxygen atoms in total. The summed E-state index contributed by atoms with van der Waals surface area (Å²) in [5.74, 6) is 0.456. The third-order valence-electron chi connectivity index (χ3n) is 10.8. The molecule has 3 saturated carbocycles. The standard InChI is InChI=1S/C28H46O5/c1-16(7-6-11-26(2,3)33)19-8-9-20-24-21(10-12-27(19,20)4)28(5)17(14-23(24)30)13-18(29)15-22(28)25(31)32/h14,16,18-24,29-30,33H,6-13,15H2,1-5H3,(H,31,32)/t16-,18-,19-,20+,21+,22?,23-,24+,27-,28+/m1/s1. The van der Waals surface area contributed by atoms with Gasteiger partial charge in [0.25, 0.3) is 0 Å². The topological polar surface area (TPSA) is 98.0 Å². The van der Waals surface area contributed by atoms with Crippen LogP contribution in [0.3, 0.4) is 0 Å². The summed E-state index contributed by atoms with van der Waals surface area (Å²) >= 11 is 0. The Morgan fingerprint density at radius 2 is 1.88 bits per heavy atom. The maximum absolute atomic E-state index is 12.3. The van der Waals surface area contributed by atoms with E-state index in [0.29, 0.717) is 30.6 Å². The maximum atomic E-state index is 12.3. The molecule has 10 atom stereocenters. The number of aliphatic hydroxyl groups is 3. The average Bonchev–Trinajstić information content (AvgIpc) is 3.05. The van der Waals surface area contributed by atoms with E-state index in [9.17, 15) is 25.2 Å². The molecule has 4 aliphatic carbocycles. The summed E-state index contributed by atoms with van der Waals surface area (Å²) in [6.07, 6.45) is 8.85. The first-order chi connectivity index (χ1) is 15.3. The number of carboxylic acids is 1. The first kappa shape index (κ1) is 25.2. The third kappa shape index (κ3) is 4.21. The fourth-order valence-corrected chi connectivity index (χ4v) is 9.12. The first-order valence-electron chi connectivity index (χ1n) is 13.3. The van der Waals surface area contributed by atoms with E-state index < -0.39 is 35.1 Å². The maximum Gasteiger partial charge on any atom is 0.307 e. The lowest BCUT2D eigenvalue weighted by atomic mass is 9.44. The van der Waals surface area contributed by atoms with Crippen LogP contribution in [0.1, 0.15) is 92.4 Å². The van der Waals surface area contributed by atoms with Gasteiger partial charge in [-0.25, -0.2) is 0 Å². The van der Waals surface area contributed by atoms with Crippen LogP contribution < -0.4 is 0 Å². The molecule has 4 N–H and O–H groups in total. The van der Waals surface area contributed by atoms with E-state index in [1.807, 2.05) is 19.9 Å². The Hall–Kier alpha value is -0.910. The molecular weight excluding hydrogens is 416 g/mol. The molecule has 0 aromatic carbocycles. The van der Waals surface area contributed by atoms with Gasteiger partial charge in [0.05, 0.1) is 23.7 Å². The fraction of sp³-hybridized carbons (Fsp3) is 0.893. The van der Waals surface area contributed by atoms with Crippen LogP contribution in [0.2, 0.25) is 0 Å². The van der Waals surface area contributed by atoms with Crippen molar-refractivity contribution in [1.29, 1.82) is 0 Å².